The lowest BCUT2D eigenvalue weighted by Crippen LogP contribution is -2.38. The molecule has 1 aromatic heterocycles. The molecule has 1 aliphatic rings. The molecule has 7 heteroatoms. The first-order chi connectivity index (χ1) is 13.1. The van der Waals surface area contributed by atoms with Gasteiger partial charge in [0.15, 0.2) is 0 Å². The summed E-state index contributed by atoms with van der Waals surface area (Å²) >= 11 is 0. The van der Waals surface area contributed by atoms with Gasteiger partial charge < -0.3 is 19.1 Å². The number of rotatable bonds is 7. The van der Waals surface area contributed by atoms with Crippen LogP contribution in [0.2, 0.25) is 0 Å². The summed E-state index contributed by atoms with van der Waals surface area (Å²) in [5, 5.41) is 1.06. The van der Waals surface area contributed by atoms with Gasteiger partial charge in [-0.1, -0.05) is 0 Å². The molecular formula is C20H29N3O4. The highest BCUT2D eigenvalue weighted by molar-refractivity contribution is 5.92. The first kappa shape index (κ1) is 19.7. The fourth-order valence-corrected chi connectivity index (χ4v) is 3.25. The van der Waals surface area contributed by atoms with Crippen LogP contribution in [-0.2, 0) is 15.9 Å². The van der Waals surface area contributed by atoms with Crippen LogP contribution in [0, 0.1) is 0 Å². The summed E-state index contributed by atoms with van der Waals surface area (Å²) in [6.45, 7) is 5.26. The average Bonchev–Trinajstić information content (AvgIpc) is 3.05. The fraction of sp³-hybridized carbons (Fsp3) is 0.550. The van der Waals surface area contributed by atoms with Crippen LogP contribution < -0.4 is 4.74 Å². The van der Waals surface area contributed by atoms with Crippen molar-refractivity contribution in [2.75, 3.05) is 67.2 Å². The molecule has 0 bridgehead atoms. The Morgan fingerprint density at radius 2 is 2.04 bits per heavy atom. The lowest BCUT2D eigenvalue weighted by Gasteiger charge is -2.26. The fourth-order valence-electron chi connectivity index (χ4n) is 3.25. The Hall–Kier alpha value is -2.09. The molecule has 0 amide bonds. The van der Waals surface area contributed by atoms with E-state index in [1.165, 1.54) is 0 Å². The molecule has 1 saturated heterocycles. The number of hydrogen-bond donors (Lipinski definition) is 0. The van der Waals surface area contributed by atoms with Gasteiger partial charge in [0.1, 0.15) is 12.4 Å². The molecule has 1 aromatic carbocycles. The molecule has 2 heterocycles. The van der Waals surface area contributed by atoms with Crippen LogP contribution in [0.25, 0.3) is 10.9 Å². The van der Waals surface area contributed by atoms with E-state index in [4.69, 9.17) is 14.2 Å². The van der Waals surface area contributed by atoms with Crippen molar-refractivity contribution in [2.45, 2.75) is 6.42 Å². The van der Waals surface area contributed by atoms with E-state index in [1.54, 1.807) is 11.7 Å². The quantitative estimate of drug-likeness (QED) is 0.739. The van der Waals surface area contributed by atoms with E-state index in [1.807, 2.05) is 38.5 Å². The van der Waals surface area contributed by atoms with Crippen molar-refractivity contribution >= 4 is 17.0 Å². The Labute approximate surface area is 160 Å². The van der Waals surface area contributed by atoms with Crippen molar-refractivity contribution in [3.05, 3.63) is 30.0 Å². The summed E-state index contributed by atoms with van der Waals surface area (Å²) < 4.78 is 17.8. The third-order valence-corrected chi connectivity index (χ3v) is 4.86. The normalized spacial score (nSPS) is 15.4. The number of benzene rings is 1. The average molecular weight is 375 g/mol. The van der Waals surface area contributed by atoms with Gasteiger partial charge in [-0.3, -0.25) is 9.47 Å². The zero-order valence-electron chi connectivity index (χ0n) is 16.4. The van der Waals surface area contributed by atoms with Crippen LogP contribution in [-0.4, -0.2) is 87.7 Å². The largest absolute Gasteiger partial charge is 0.497 e. The highest BCUT2D eigenvalue weighted by atomic mass is 16.5. The molecule has 1 fully saturated rings. The van der Waals surface area contributed by atoms with E-state index in [-0.39, 0.29) is 6.09 Å². The van der Waals surface area contributed by atoms with E-state index < -0.39 is 0 Å². The van der Waals surface area contributed by atoms with E-state index in [9.17, 15) is 4.79 Å². The van der Waals surface area contributed by atoms with Crippen molar-refractivity contribution in [2.24, 2.45) is 0 Å². The standard InChI is InChI=1S/C20H29N3O4/c1-21(2)7-6-16-15-23(19-14-17(25-3)4-5-18(16)19)20(24)27-13-10-22-8-11-26-12-9-22/h4-5,14-15H,6-13H2,1-3H3. The molecule has 148 valence electrons. The Kier molecular flexibility index (Phi) is 6.71. The molecule has 7 nitrogen and oxygen atoms in total. The summed E-state index contributed by atoms with van der Waals surface area (Å²) in [5.74, 6) is 0.724. The number of hydrogen-bond acceptors (Lipinski definition) is 6. The predicted molar refractivity (Wildman–Crippen MR) is 105 cm³/mol. The minimum absolute atomic E-state index is 0.349. The SMILES string of the molecule is COc1ccc2c(CCN(C)C)cn(C(=O)OCCN3CCOCC3)c2c1. The number of morpholine rings is 1. The first-order valence-electron chi connectivity index (χ1n) is 9.38. The maximum absolute atomic E-state index is 12.7. The van der Waals surface area contributed by atoms with Crippen LogP contribution in [0.1, 0.15) is 5.56 Å². The maximum atomic E-state index is 12.7. The molecule has 27 heavy (non-hydrogen) atoms. The smallest absolute Gasteiger partial charge is 0.418 e. The van der Waals surface area contributed by atoms with Gasteiger partial charge in [0.2, 0.25) is 0 Å². The Balaban J connectivity index is 1.73. The maximum Gasteiger partial charge on any atom is 0.418 e. The predicted octanol–water partition coefficient (Wildman–Crippen LogP) is 2.07. The molecule has 0 atom stereocenters. The van der Waals surface area contributed by atoms with E-state index in [0.29, 0.717) is 6.61 Å². The lowest BCUT2D eigenvalue weighted by molar-refractivity contribution is 0.0283. The van der Waals surface area contributed by atoms with Crippen molar-refractivity contribution in [1.82, 2.24) is 14.4 Å². The highest BCUT2D eigenvalue weighted by Gasteiger charge is 2.17. The number of carbonyl (C=O) groups excluding carboxylic acids is 1. The second kappa shape index (κ2) is 9.21. The van der Waals surface area contributed by atoms with Crippen LogP contribution in [0.15, 0.2) is 24.4 Å². The molecular weight excluding hydrogens is 346 g/mol. The number of likely N-dealkylation sites (N-methyl/N-ethyl adjacent to an activating group) is 1. The monoisotopic (exact) mass is 375 g/mol. The summed E-state index contributed by atoms with van der Waals surface area (Å²) in [6, 6.07) is 5.82. The second-order valence-corrected chi connectivity index (χ2v) is 7.03. The number of nitrogens with zero attached hydrogens (tertiary/aromatic N) is 3. The molecule has 2 aromatic rings. The van der Waals surface area contributed by atoms with Gasteiger partial charge in [-0.25, -0.2) is 4.79 Å². The Morgan fingerprint density at radius 3 is 2.74 bits per heavy atom. The van der Waals surface area contributed by atoms with Crippen molar-refractivity contribution in [3.63, 3.8) is 0 Å². The third kappa shape index (κ3) is 5.00. The summed E-state index contributed by atoms with van der Waals surface area (Å²) in [4.78, 5) is 17.1. The summed E-state index contributed by atoms with van der Waals surface area (Å²) in [7, 11) is 5.71. The Bertz CT molecular complexity index is 766. The van der Waals surface area contributed by atoms with Crippen LogP contribution in [0.5, 0.6) is 5.75 Å². The van der Waals surface area contributed by atoms with Gasteiger partial charge in [-0.15, -0.1) is 0 Å². The number of methoxy groups -OCH3 is 1. The van der Waals surface area contributed by atoms with Crippen molar-refractivity contribution < 1.29 is 19.0 Å². The van der Waals surface area contributed by atoms with Crippen LogP contribution >= 0.6 is 0 Å². The number of fused-ring (bicyclic) bond motifs is 1. The molecule has 3 rings (SSSR count). The van der Waals surface area contributed by atoms with Gasteiger partial charge in [-0.2, -0.15) is 0 Å². The van der Waals surface area contributed by atoms with Gasteiger partial charge >= 0.3 is 6.09 Å². The number of carbonyl (C=O) groups is 1. The minimum atomic E-state index is -0.349. The molecule has 0 N–H and O–H groups in total. The first-order valence-corrected chi connectivity index (χ1v) is 9.38. The van der Waals surface area contributed by atoms with Crippen molar-refractivity contribution in [1.29, 1.82) is 0 Å². The molecule has 0 aliphatic carbocycles. The van der Waals surface area contributed by atoms with Crippen LogP contribution in [0.3, 0.4) is 0 Å². The third-order valence-electron chi connectivity index (χ3n) is 4.86. The summed E-state index contributed by atoms with van der Waals surface area (Å²) in [6.07, 6.45) is 2.41. The zero-order valence-corrected chi connectivity index (χ0v) is 16.4. The molecule has 0 spiro atoms. The summed E-state index contributed by atoms with van der Waals surface area (Å²) in [5.41, 5.74) is 1.95. The van der Waals surface area contributed by atoms with E-state index in [0.717, 1.165) is 68.0 Å². The molecule has 0 radical (unpaired) electrons. The minimum Gasteiger partial charge on any atom is -0.497 e. The van der Waals surface area contributed by atoms with Gasteiger partial charge in [0.25, 0.3) is 0 Å². The van der Waals surface area contributed by atoms with Gasteiger partial charge in [0.05, 0.1) is 25.8 Å². The zero-order chi connectivity index (χ0) is 19.2. The number of ether oxygens (including phenoxy) is 3. The Morgan fingerprint density at radius 1 is 1.26 bits per heavy atom. The highest BCUT2D eigenvalue weighted by Crippen LogP contribution is 2.26. The van der Waals surface area contributed by atoms with E-state index in [2.05, 4.69) is 9.80 Å². The molecule has 0 saturated carbocycles. The topological polar surface area (TPSA) is 56.2 Å². The number of aromatic nitrogens is 1. The lowest BCUT2D eigenvalue weighted by atomic mass is 10.1. The van der Waals surface area contributed by atoms with Gasteiger partial charge in [0, 0.05) is 43.8 Å². The second-order valence-electron chi connectivity index (χ2n) is 7.03. The van der Waals surface area contributed by atoms with Crippen LogP contribution in [0.4, 0.5) is 4.79 Å². The molecule has 0 unspecified atom stereocenters. The van der Waals surface area contributed by atoms with Crippen molar-refractivity contribution in [3.8, 4) is 5.75 Å². The van der Waals surface area contributed by atoms with Gasteiger partial charge in [-0.05, 0) is 38.2 Å². The van der Waals surface area contributed by atoms with E-state index >= 15 is 0 Å². The molecule has 1 aliphatic heterocycles.